The van der Waals surface area contributed by atoms with Crippen LogP contribution in [0, 0.1) is 12.8 Å². The number of aryl methyl sites for hydroxylation is 1. The molecule has 4 N–H and O–H groups in total. The molecule has 1 aromatic rings. The van der Waals surface area contributed by atoms with Crippen LogP contribution < -0.4 is 16.4 Å². The third-order valence-electron chi connectivity index (χ3n) is 4.78. The first-order valence-electron chi connectivity index (χ1n) is 8.55. The number of hydrogen-bond donors (Lipinski definition) is 3. The first-order chi connectivity index (χ1) is 12.0. The van der Waals surface area contributed by atoms with Crippen molar-refractivity contribution < 1.29 is 22.8 Å². The maximum atomic E-state index is 12.6. The average Bonchev–Trinajstić information content (AvgIpc) is 2.53. The van der Waals surface area contributed by atoms with Crippen molar-refractivity contribution in [2.24, 2.45) is 11.7 Å². The second kappa shape index (κ2) is 7.65. The second-order valence-corrected chi connectivity index (χ2v) is 7.12. The van der Waals surface area contributed by atoms with Gasteiger partial charge in [0.15, 0.2) is 0 Å². The number of carbonyl (C=O) groups is 2. The molecule has 0 heterocycles. The summed E-state index contributed by atoms with van der Waals surface area (Å²) < 4.78 is 36.7. The van der Waals surface area contributed by atoms with Crippen LogP contribution in [0.25, 0.3) is 0 Å². The van der Waals surface area contributed by atoms with Crippen molar-refractivity contribution in [2.75, 3.05) is 11.9 Å². The highest BCUT2D eigenvalue weighted by atomic mass is 19.4. The van der Waals surface area contributed by atoms with Crippen LogP contribution in [0.3, 0.4) is 0 Å². The summed E-state index contributed by atoms with van der Waals surface area (Å²) in [7, 11) is 0. The van der Waals surface area contributed by atoms with E-state index in [1.165, 1.54) is 12.1 Å². The number of hydrogen-bond acceptors (Lipinski definition) is 3. The van der Waals surface area contributed by atoms with Crippen LogP contribution in [0.5, 0.6) is 0 Å². The number of benzene rings is 1. The van der Waals surface area contributed by atoms with E-state index in [-0.39, 0.29) is 17.4 Å². The van der Waals surface area contributed by atoms with Crippen LogP contribution in [0.4, 0.5) is 18.9 Å². The van der Waals surface area contributed by atoms with Crippen LogP contribution in [0.1, 0.15) is 48.5 Å². The predicted molar refractivity (Wildman–Crippen MR) is 92.7 cm³/mol. The molecule has 1 aliphatic carbocycles. The normalized spacial score (nSPS) is 23.4. The molecule has 8 heteroatoms. The summed E-state index contributed by atoms with van der Waals surface area (Å²) in [6.45, 7) is 2.19. The molecule has 144 valence electrons. The molecule has 0 saturated heterocycles. The van der Waals surface area contributed by atoms with E-state index in [0.29, 0.717) is 17.7 Å². The number of rotatable bonds is 4. The average molecular weight is 371 g/mol. The number of nitrogens with one attached hydrogen (secondary N) is 2. The maximum Gasteiger partial charge on any atom is 0.405 e. The summed E-state index contributed by atoms with van der Waals surface area (Å²) in [5.41, 5.74) is 6.80. The van der Waals surface area contributed by atoms with Gasteiger partial charge in [0.2, 0.25) is 5.91 Å². The van der Waals surface area contributed by atoms with E-state index in [1.807, 2.05) is 12.2 Å². The summed E-state index contributed by atoms with van der Waals surface area (Å²) in [5, 5.41) is 4.60. The van der Waals surface area contributed by atoms with Crippen LogP contribution >= 0.6 is 0 Å². The Labute approximate surface area is 150 Å². The highest BCUT2D eigenvalue weighted by Gasteiger charge is 2.38. The minimum Gasteiger partial charge on any atom is -0.343 e. The van der Waals surface area contributed by atoms with Crippen molar-refractivity contribution in [3.63, 3.8) is 0 Å². The molecular formula is C18H24F3N3O2. The Hall–Kier alpha value is -2.09. The Balaban J connectivity index is 2.12. The zero-order chi connectivity index (χ0) is 19.5. The van der Waals surface area contributed by atoms with Crippen molar-refractivity contribution in [2.45, 2.75) is 51.2 Å². The molecular weight excluding hydrogens is 347 g/mol. The standard InChI is InChI=1S/C18H24F3N3O2/c1-11-6-7-12(15(25)23-10-18(19,20)21)9-14(11)24-16(26)13-5-3-4-8-17(13,2)22/h6-7,9,13H,3-5,8,10,22H2,1-2H3,(H,23,25)(H,24,26). The number of carbonyl (C=O) groups excluding carboxylic acids is 2. The lowest BCUT2D eigenvalue weighted by Gasteiger charge is -2.37. The summed E-state index contributed by atoms with van der Waals surface area (Å²) in [5.74, 6) is -1.43. The van der Waals surface area contributed by atoms with Crippen LogP contribution in [-0.2, 0) is 4.79 Å². The van der Waals surface area contributed by atoms with Gasteiger partial charge in [-0.25, -0.2) is 0 Å². The maximum absolute atomic E-state index is 12.6. The molecule has 1 saturated carbocycles. The van der Waals surface area contributed by atoms with E-state index >= 15 is 0 Å². The van der Waals surface area contributed by atoms with E-state index in [0.717, 1.165) is 19.3 Å². The molecule has 26 heavy (non-hydrogen) atoms. The molecule has 0 radical (unpaired) electrons. The molecule has 0 spiro atoms. The minimum atomic E-state index is -4.48. The minimum absolute atomic E-state index is 0.0503. The quantitative estimate of drug-likeness (QED) is 0.760. The van der Waals surface area contributed by atoms with E-state index in [4.69, 9.17) is 5.73 Å². The van der Waals surface area contributed by atoms with Gasteiger partial charge >= 0.3 is 6.18 Å². The summed E-state index contributed by atoms with van der Waals surface area (Å²) in [6.07, 6.45) is -1.15. The van der Waals surface area contributed by atoms with Crippen molar-refractivity contribution >= 4 is 17.5 Å². The number of halogens is 3. The third-order valence-corrected chi connectivity index (χ3v) is 4.78. The molecule has 1 aliphatic rings. The lowest BCUT2D eigenvalue weighted by Crippen LogP contribution is -2.51. The smallest absolute Gasteiger partial charge is 0.343 e. The third kappa shape index (κ3) is 5.20. The summed E-state index contributed by atoms with van der Waals surface area (Å²) in [6, 6.07) is 4.39. The molecule has 1 fully saturated rings. The monoisotopic (exact) mass is 371 g/mol. The number of anilines is 1. The van der Waals surface area contributed by atoms with Gasteiger partial charge in [-0.3, -0.25) is 9.59 Å². The predicted octanol–water partition coefficient (Wildman–Crippen LogP) is 3.13. The van der Waals surface area contributed by atoms with Gasteiger partial charge in [-0.1, -0.05) is 18.9 Å². The van der Waals surface area contributed by atoms with Gasteiger partial charge in [0.1, 0.15) is 6.54 Å². The van der Waals surface area contributed by atoms with Gasteiger partial charge < -0.3 is 16.4 Å². The van der Waals surface area contributed by atoms with E-state index in [1.54, 1.807) is 13.0 Å². The van der Waals surface area contributed by atoms with Gasteiger partial charge in [0, 0.05) is 16.8 Å². The Morgan fingerprint density at radius 1 is 1.31 bits per heavy atom. The molecule has 2 rings (SSSR count). The Kier molecular flexibility index (Phi) is 5.95. The summed E-state index contributed by atoms with van der Waals surface area (Å²) >= 11 is 0. The molecule has 0 bridgehead atoms. The molecule has 2 unspecified atom stereocenters. The lowest BCUT2D eigenvalue weighted by molar-refractivity contribution is -0.123. The molecule has 5 nitrogen and oxygen atoms in total. The van der Waals surface area contributed by atoms with Gasteiger partial charge in [-0.15, -0.1) is 0 Å². The van der Waals surface area contributed by atoms with Gasteiger partial charge in [0.25, 0.3) is 5.91 Å². The first-order valence-corrected chi connectivity index (χ1v) is 8.55. The van der Waals surface area contributed by atoms with Gasteiger partial charge in [-0.05, 0) is 44.4 Å². The van der Waals surface area contributed by atoms with Crippen molar-refractivity contribution in [3.05, 3.63) is 29.3 Å². The highest BCUT2D eigenvalue weighted by Crippen LogP contribution is 2.32. The summed E-state index contributed by atoms with van der Waals surface area (Å²) in [4.78, 5) is 24.5. The van der Waals surface area contributed by atoms with Crippen LogP contribution in [-0.4, -0.2) is 30.1 Å². The Morgan fingerprint density at radius 3 is 2.62 bits per heavy atom. The number of amides is 2. The number of nitrogens with two attached hydrogens (primary N) is 1. The zero-order valence-corrected chi connectivity index (χ0v) is 14.9. The highest BCUT2D eigenvalue weighted by molar-refractivity contribution is 5.98. The van der Waals surface area contributed by atoms with E-state index < -0.39 is 24.2 Å². The van der Waals surface area contributed by atoms with Crippen LogP contribution in [0.2, 0.25) is 0 Å². The molecule has 1 aromatic carbocycles. The largest absolute Gasteiger partial charge is 0.405 e. The lowest BCUT2D eigenvalue weighted by atomic mass is 9.74. The van der Waals surface area contributed by atoms with Crippen LogP contribution in [0.15, 0.2) is 18.2 Å². The van der Waals surface area contributed by atoms with Crippen molar-refractivity contribution in [3.8, 4) is 0 Å². The van der Waals surface area contributed by atoms with Crippen molar-refractivity contribution in [1.82, 2.24) is 5.32 Å². The Bertz CT molecular complexity index is 687. The molecule has 0 aromatic heterocycles. The van der Waals surface area contributed by atoms with Gasteiger partial charge in [0.05, 0.1) is 5.92 Å². The Morgan fingerprint density at radius 2 is 2.00 bits per heavy atom. The SMILES string of the molecule is Cc1ccc(C(=O)NCC(F)(F)F)cc1NC(=O)C1CCCCC1(C)N. The second-order valence-electron chi connectivity index (χ2n) is 7.12. The molecule has 2 atom stereocenters. The van der Waals surface area contributed by atoms with Gasteiger partial charge in [-0.2, -0.15) is 13.2 Å². The molecule has 0 aliphatic heterocycles. The fourth-order valence-electron chi connectivity index (χ4n) is 3.19. The zero-order valence-electron chi connectivity index (χ0n) is 14.9. The fourth-order valence-corrected chi connectivity index (χ4v) is 3.19. The topological polar surface area (TPSA) is 84.2 Å². The van der Waals surface area contributed by atoms with E-state index in [2.05, 4.69) is 5.32 Å². The van der Waals surface area contributed by atoms with Crippen molar-refractivity contribution in [1.29, 1.82) is 0 Å². The first kappa shape index (κ1) is 20.2. The van der Waals surface area contributed by atoms with E-state index in [9.17, 15) is 22.8 Å². The fraction of sp³-hybridized carbons (Fsp3) is 0.556. The number of alkyl halides is 3. The molecule has 2 amide bonds.